The molecule has 5 nitrogen and oxygen atoms in total. The molecule has 8 heteroatoms. The molecule has 4 unspecified atom stereocenters. The number of allylic oxidation sites excluding steroid dienone is 2. The van der Waals surface area contributed by atoms with E-state index < -0.39 is 29.7 Å². The van der Waals surface area contributed by atoms with Crippen molar-refractivity contribution in [2.45, 2.75) is 31.7 Å². The van der Waals surface area contributed by atoms with Crippen molar-refractivity contribution in [3.05, 3.63) is 89.5 Å². The molecule has 1 amide bonds. The molecule has 0 saturated heterocycles. The van der Waals surface area contributed by atoms with Gasteiger partial charge in [0.15, 0.2) is 0 Å². The highest BCUT2D eigenvalue weighted by atomic mass is 19.4. The standard InChI is InChI=1S/C28H24F3NO4/c29-28(30,31)20-10-6-16(7-11-20)15-36-25-21-4-2-1-3-18(21)9-12-22(25)26(33)32-24(27(34)35)23-14-17-5-8-19(23)13-17/h1-12,17,19,23-24H,13-15H2,(H,32,33)(H,34,35). The highest BCUT2D eigenvalue weighted by Crippen LogP contribution is 2.45. The number of nitrogens with one attached hydrogen (secondary N) is 1. The van der Waals surface area contributed by atoms with Gasteiger partial charge in [0, 0.05) is 5.39 Å². The molecule has 0 aliphatic heterocycles. The number of fused-ring (bicyclic) bond motifs is 3. The van der Waals surface area contributed by atoms with Gasteiger partial charge in [-0.3, -0.25) is 4.79 Å². The normalized spacial score (nSPS) is 21.5. The number of carboxylic acids is 1. The number of halogens is 3. The van der Waals surface area contributed by atoms with Crippen molar-refractivity contribution in [1.82, 2.24) is 5.32 Å². The van der Waals surface area contributed by atoms with Crippen molar-refractivity contribution in [2.24, 2.45) is 17.8 Å². The Morgan fingerprint density at radius 2 is 1.75 bits per heavy atom. The van der Waals surface area contributed by atoms with Crippen molar-refractivity contribution in [3.63, 3.8) is 0 Å². The van der Waals surface area contributed by atoms with Crippen molar-refractivity contribution >= 4 is 22.6 Å². The molecule has 0 radical (unpaired) electrons. The van der Waals surface area contributed by atoms with Gasteiger partial charge in [-0.1, -0.05) is 54.6 Å². The first-order chi connectivity index (χ1) is 17.2. The monoisotopic (exact) mass is 495 g/mol. The number of carbonyl (C=O) groups excluding carboxylic acids is 1. The molecule has 2 bridgehead atoms. The Hall–Kier alpha value is -3.81. The van der Waals surface area contributed by atoms with Crippen LogP contribution >= 0.6 is 0 Å². The zero-order chi connectivity index (χ0) is 25.4. The number of alkyl halides is 3. The second-order valence-corrected chi connectivity index (χ2v) is 9.38. The number of aliphatic carboxylic acids is 1. The summed E-state index contributed by atoms with van der Waals surface area (Å²) in [5.74, 6) is -1.10. The van der Waals surface area contributed by atoms with E-state index in [1.54, 1.807) is 24.3 Å². The van der Waals surface area contributed by atoms with Crippen LogP contribution in [0.2, 0.25) is 0 Å². The van der Waals surface area contributed by atoms with Crippen LogP contribution in [0.5, 0.6) is 5.75 Å². The third-order valence-electron chi connectivity index (χ3n) is 7.10. The fraction of sp³-hybridized carbons (Fsp3) is 0.286. The smallest absolute Gasteiger partial charge is 0.416 e. The first-order valence-electron chi connectivity index (χ1n) is 11.7. The molecular formula is C28H24F3NO4. The lowest BCUT2D eigenvalue weighted by atomic mass is 9.86. The topological polar surface area (TPSA) is 75.6 Å². The highest BCUT2D eigenvalue weighted by Gasteiger charge is 2.43. The lowest BCUT2D eigenvalue weighted by Crippen LogP contribution is -2.47. The van der Waals surface area contributed by atoms with Gasteiger partial charge in [-0.25, -0.2) is 4.79 Å². The van der Waals surface area contributed by atoms with Gasteiger partial charge >= 0.3 is 12.1 Å². The molecule has 2 aliphatic rings. The Morgan fingerprint density at radius 3 is 2.39 bits per heavy atom. The average Bonchev–Trinajstić information content (AvgIpc) is 3.49. The van der Waals surface area contributed by atoms with E-state index in [2.05, 4.69) is 11.4 Å². The zero-order valence-corrected chi connectivity index (χ0v) is 19.2. The fourth-order valence-electron chi connectivity index (χ4n) is 5.30. The average molecular weight is 495 g/mol. The van der Waals surface area contributed by atoms with E-state index >= 15 is 0 Å². The Balaban J connectivity index is 1.41. The van der Waals surface area contributed by atoms with Crippen LogP contribution in [-0.4, -0.2) is 23.0 Å². The van der Waals surface area contributed by atoms with Gasteiger partial charge in [-0.2, -0.15) is 13.2 Å². The Morgan fingerprint density at radius 1 is 1.00 bits per heavy atom. The van der Waals surface area contributed by atoms with E-state index in [-0.39, 0.29) is 29.8 Å². The largest absolute Gasteiger partial charge is 0.487 e. The van der Waals surface area contributed by atoms with Crippen LogP contribution < -0.4 is 10.1 Å². The third-order valence-corrected chi connectivity index (χ3v) is 7.10. The van der Waals surface area contributed by atoms with Crippen LogP contribution in [0.15, 0.2) is 72.8 Å². The first kappa shape index (κ1) is 23.9. The molecule has 5 rings (SSSR count). The minimum absolute atomic E-state index is 0.0635. The summed E-state index contributed by atoms with van der Waals surface area (Å²) < 4.78 is 44.7. The van der Waals surface area contributed by atoms with Crippen LogP contribution in [0, 0.1) is 17.8 Å². The lowest BCUT2D eigenvalue weighted by Gasteiger charge is -2.26. The Kier molecular flexibility index (Phi) is 6.20. The van der Waals surface area contributed by atoms with E-state index in [0.717, 1.165) is 23.9 Å². The van der Waals surface area contributed by atoms with Crippen molar-refractivity contribution in [1.29, 1.82) is 0 Å². The minimum Gasteiger partial charge on any atom is -0.487 e. The third kappa shape index (κ3) is 4.67. The van der Waals surface area contributed by atoms with E-state index in [0.29, 0.717) is 23.3 Å². The number of carbonyl (C=O) groups is 2. The molecule has 2 N–H and O–H groups in total. The van der Waals surface area contributed by atoms with Crippen LogP contribution in [0.3, 0.4) is 0 Å². The molecule has 1 fully saturated rings. The number of amides is 1. The second-order valence-electron chi connectivity index (χ2n) is 9.38. The summed E-state index contributed by atoms with van der Waals surface area (Å²) >= 11 is 0. The van der Waals surface area contributed by atoms with Gasteiger partial charge in [-0.05, 0) is 59.7 Å². The summed E-state index contributed by atoms with van der Waals surface area (Å²) in [7, 11) is 0. The van der Waals surface area contributed by atoms with Crippen molar-refractivity contribution in [3.8, 4) is 5.75 Å². The molecule has 36 heavy (non-hydrogen) atoms. The van der Waals surface area contributed by atoms with Crippen LogP contribution in [0.25, 0.3) is 10.8 Å². The van der Waals surface area contributed by atoms with E-state index in [1.165, 1.54) is 12.1 Å². The molecule has 3 aromatic rings. The molecule has 0 heterocycles. The Labute approximate surface area is 205 Å². The minimum atomic E-state index is -4.43. The summed E-state index contributed by atoms with van der Waals surface area (Å²) in [5.41, 5.74) is -0.0864. The molecule has 3 aromatic carbocycles. The summed E-state index contributed by atoms with van der Waals surface area (Å²) in [6, 6.07) is 14.2. The van der Waals surface area contributed by atoms with Gasteiger partial charge < -0.3 is 15.2 Å². The maximum absolute atomic E-state index is 13.4. The number of carboxylic acid groups (broad SMARTS) is 1. The Bertz CT molecular complexity index is 1330. The van der Waals surface area contributed by atoms with E-state index in [9.17, 15) is 27.9 Å². The fourth-order valence-corrected chi connectivity index (χ4v) is 5.30. The number of hydrogen-bond acceptors (Lipinski definition) is 3. The maximum Gasteiger partial charge on any atom is 0.416 e. The van der Waals surface area contributed by atoms with Crippen molar-refractivity contribution < 1.29 is 32.6 Å². The van der Waals surface area contributed by atoms with Gasteiger partial charge in [0.1, 0.15) is 18.4 Å². The van der Waals surface area contributed by atoms with E-state index in [1.807, 2.05) is 18.2 Å². The summed E-state index contributed by atoms with van der Waals surface area (Å²) in [6.45, 7) is -0.0635. The predicted molar refractivity (Wildman–Crippen MR) is 127 cm³/mol. The zero-order valence-electron chi connectivity index (χ0n) is 19.2. The number of hydrogen-bond donors (Lipinski definition) is 2. The van der Waals surface area contributed by atoms with Crippen LogP contribution in [0.1, 0.15) is 34.3 Å². The van der Waals surface area contributed by atoms with Crippen LogP contribution in [-0.2, 0) is 17.6 Å². The maximum atomic E-state index is 13.4. The summed E-state index contributed by atoms with van der Waals surface area (Å²) in [5, 5.41) is 14.0. The van der Waals surface area contributed by atoms with Gasteiger partial charge in [0.05, 0.1) is 11.1 Å². The molecular weight excluding hydrogens is 471 g/mol. The molecule has 0 spiro atoms. The predicted octanol–water partition coefficient (Wildman–Crippen LogP) is 5.83. The second kappa shape index (κ2) is 9.33. The molecule has 2 aliphatic carbocycles. The molecule has 4 atom stereocenters. The summed E-state index contributed by atoms with van der Waals surface area (Å²) in [6.07, 6.45) is 1.33. The van der Waals surface area contributed by atoms with Gasteiger partial charge in [-0.15, -0.1) is 0 Å². The van der Waals surface area contributed by atoms with Crippen molar-refractivity contribution in [2.75, 3.05) is 0 Å². The van der Waals surface area contributed by atoms with Gasteiger partial charge in [0.2, 0.25) is 0 Å². The summed E-state index contributed by atoms with van der Waals surface area (Å²) in [4.78, 5) is 25.4. The number of rotatable bonds is 7. The van der Waals surface area contributed by atoms with Crippen LogP contribution in [0.4, 0.5) is 13.2 Å². The number of ether oxygens (including phenoxy) is 1. The number of benzene rings is 3. The first-order valence-corrected chi connectivity index (χ1v) is 11.7. The highest BCUT2D eigenvalue weighted by molar-refractivity contribution is 6.04. The van der Waals surface area contributed by atoms with E-state index in [4.69, 9.17) is 4.74 Å². The van der Waals surface area contributed by atoms with Gasteiger partial charge in [0.25, 0.3) is 5.91 Å². The molecule has 1 saturated carbocycles. The molecule has 0 aromatic heterocycles. The quantitative estimate of drug-likeness (QED) is 0.404. The lowest BCUT2D eigenvalue weighted by molar-refractivity contribution is -0.141. The molecule has 186 valence electrons. The SMILES string of the molecule is O=C(NC(C(=O)O)C1CC2C=CC1C2)c1ccc2ccccc2c1OCc1ccc(C(F)(F)F)cc1.